The second-order valence-electron chi connectivity index (χ2n) is 5.82. The predicted molar refractivity (Wildman–Crippen MR) is 93.7 cm³/mol. The van der Waals surface area contributed by atoms with Crippen LogP contribution in [0, 0.1) is 13.8 Å². The van der Waals surface area contributed by atoms with Crippen LogP contribution in [-0.2, 0) is 0 Å². The highest BCUT2D eigenvalue weighted by Crippen LogP contribution is 2.34. The van der Waals surface area contributed by atoms with Gasteiger partial charge in [-0.15, -0.1) is 0 Å². The molecule has 2 aromatic carbocycles. The number of hydrogen-bond donors (Lipinski definition) is 1. The number of nitrogens with zero attached hydrogens (tertiary/aromatic N) is 1. The first-order valence-electron chi connectivity index (χ1n) is 7.19. The molecule has 0 fully saturated rings. The first-order chi connectivity index (χ1) is 9.88. The second-order valence-corrected chi connectivity index (χ2v) is 6.22. The first kappa shape index (κ1) is 15.7. The molecule has 2 nitrogen and oxygen atoms in total. The van der Waals surface area contributed by atoms with Gasteiger partial charge in [0.2, 0.25) is 0 Å². The van der Waals surface area contributed by atoms with Gasteiger partial charge in [0.05, 0.1) is 16.4 Å². The van der Waals surface area contributed by atoms with Crippen molar-refractivity contribution in [2.45, 2.75) is 26.8 Å². The molecule has 3 heteroatoms. The molecule has 0 radical (unpaired) electrons. The minimum absolute atomic E-state index is 0.223. The van der Waals surface area contributed by atoms with Gasteiger partial charge in [-0.25, -0.2) is 0 Å². The normalized spacial score (nSPS) is 12.1. The molecule has 0 heterocycles. The van der Waals surface area contributed by atoms with E-state index in [9.17, 15) is 0 Å². The molecule has 2 rings (SSSR count). The zero-order chi connectivity index (χ0) is 15.6. The molecule has 1 N–H and O–H groups in total. The van der Waals surface area contributed by atoms with Crippen LogP contribution in [0.4, 0.5) is 11.4 Å². The summed E-state index contributed by atoms with van der Waals surface area (Å²) in [5, 5.41) is 4.34. The summed E-state index contributed by atoms with van der Waals surface area (Å²) in [5.41, 5.74) is 5.95. The molecule has 2 aromatic rings. The molecule has 0 bridgehead atoms. The predicted octanol–water partition coefficient (Wildman–Crippen LogP) is 5.20. The lowest BCUT2D eigenvalue weighted by Gasteiger charge is -2.23. The van der Waals surface area contributed by atoms with E-state index in [-0.39, 0.29) is 6.04 Å². The maximum atomic E-state index is 6.32. The number of benzene rings is 2. The van der Waals surface area contributed by atoms with Crippen LogP contribution in [-0.4, -0.2) is 14.1 Å². The Morgan fingerprint density at radius 2 is 1.67 bits per heavy atom. The Labute approximate surface area is 132 Å². The van der Waals surface area contributed by atoms with E-state index in [1.165, 1.54) is 16.7 Å². The van der Waals surface area contributed by atoms with Crippen LogP contribution in [0.5, 0.6) is 0 Å². The average molecular weight is 303 g/mol. The summed E-state index contributed by atoms with van der Waals surface area (Å²) >= 11 is 6.32. The fourth-order valence-electron chi connectivity index (χ4n) is 2.66. The van der Waals surface area contributed by atoms with E-state index in [4.69, 9.17) is 11.6 Å². The van der Waals surface area contributed by atoms with E-state index < -0.39 is 0 Å². The van der Waals surface area contributed by atoms with Crippen LogP contribution in [0.15, 0.2) is 36.4 Å². The summed E-state index contributed by atoms with van der Waals surface area (Å²) < 4.78 is 0. The van der Waals surface area contributed by atoms with Crippen LogP contribution in [0.25, 0.3) is 0 Å². The Balaban J connectivity index is 2.31. The van der Waals surface area contributed by atoms with E-state index in [1.54, 1.807) is 0 Å². The van der Waals surface area contributed by atoms with Gasteiger partial charge in [-0.1, -0.05) is 47.0 Å². The lowest BCUT2D eigenvalue weighted by Crippen LogP contribution is -2.14. The zero-order valence-electron chi connectivity index (χ0n) is 13.4. The van der Waals surface area contributed by atoms with Crippen molar-refractivity contribution < 1.29 is 0 Å². The number of aryl methyl sites for hydroxylation is 2. The minimum Gasteiger partial charge on any atom is -0.377 e. The van der Waals surface area contributed by atoms with Crippen molar-refractivity contribution in [2.75, 3.05) is 24.3 Å². The smallest absolute Gasteiger partial charge is 0.0786 e. The second kappa shape index (κ2) is 6.40. The standard InChI is InChI=1S/C18H23ClN2/c1-12-9-13(2)11-15(10-12)14(3)20-17-8-6-7-16(19)18(17)21(4)5/h6-11,14,20H,1-5H3. The molecule has 0 aliphatic heterocycles. The molecule has 112 valence electrons. The van der Waals surface area contributed by atoms with Crippen LogP contribution < -0.4 is 10.2 Å². The summed E-state index contributed by atoms with van der Waals surface area (Å²) in [5.74, 6) is 0. The Kier molecular flexibility index (Phi) is 4.79. The number of rotatable bonds is 4. The van der Waals surface area contributed by atoms with Gasteiger partial charge in [-0.2, -0.15) is 0 Å². The molecule has 1 unspecified atom stereocenters. The lowest BCUT2D eigenvalue weighted by atomic mass is 10.0. The van der Waals surface area contributed by atoms with Gasteiger partial charge in [-0.3, -0.25) is 0 Å². The van der Waals surface area contributed by atoms with E-state index in [1.807, 2.05) is 31.1 Å². The fourth-order valence-corrected chi connectivity index (χ4v) is 3.01. The Hall–Kier alpha value is -1.67. The van der Waals surface area contributed by atoms with Crippen molar-refractivity contribution in [1.29, 1.82) is 0 Å². The van der Waals surface area contributed by atoms with Crippen LogP contribution in [0.1, 0.15) is 29.7 Å². The van der Waals surface area contributed by atoms with Gasteiger partial charge in [0.15, 0.2) is 0 Å². The number of nitrogens with one attached hydrogen (secondary N) is 1. The maximum Gasteiger partial charge on any atom is 0.0786 e. The van der Waals surface area contributed by atoms with Gasteiger partial charge in [0, 0.05) is 20.1 Å². The summed E-state index contributed by atoms with van der Waals surface area (Å²) in [4.78, 5) is 2.04. The van der Waals surface area contributed by atoms with Gasteiger partial charge in [0.1, 0.15) is 0 Å². The molecule has 0 saturated heterocycles. The first-order valence-corrected chi connectivity index (χ1v) is 7.57. The molecule has 0 spiro atoms. The third kappa shape index (κ3) is 3.70. The van der Waals surface area contributed by atoms with E-state index in [0.717, 1.165) is 16.4 Å². The van der Waals surface area contributed by atoms with E-state index in [0.29, 0.717) is 0 Å². The summed E-state index contributed by atoms with van der Waals surface area (Å²) in [6.07, 6.45) is 0. The molecule has 1 atom stereocenters. The topological polar surface area (TPSA) is 15.3 Å². The van der Waals surface area contributed by atoms with Crippen molar-refractivity contribution in [3.05, 3.63) is 58.1 Å². The third-order valence-electron chi connectivity index (χ3n) is 3.55. The Bertz CT molecular complexity index is 615. The quantitative estimate of drug-likeness (QED) is 0.835. The van der Waals surface area contributed by atoms with Crippen LogP contribution in [0.3, 0.4) is 0 Å². The summed E-state index contributed by atoms with van der Waals surface area (Å²) in [6, 6.07) is 12.8. The van der Waals surface area contributed by atoms with Gasteiger partial charge in [0.25, 0.3) is 0 Å². The van der Waals surface area contributed by atoms with Gasteiger partial charge in [-0.05, 0) is 38.5 Å². The molecule has 0 aliphatic rings. The number of para-hydroxylation sites is 1. The van der Waals surface area contributed by atoms with E-state index in [2.05, 4.69) is 50.4 Å². The average Bonchev–Trinajstić information content (AvgIpc) is 2.37. The molecule has 0 aromatic heterocycles. The largest absolute Gasteiger partial charge is 0.377 e. The summed E-state index contributed by atoms with van der Waals surface area (Å²) in [7, 11) is 4.02. The zero-order valence-corrected chi connectivity index (χ0v) is 14.1. The highest BCUT2D eigenvalue weighted by molar-refractivity contribution is 6.34. The molecular weight excluding hydrogens is 280 g/mol. The van der Waals surface area contributed by atoms with Crippen molar-refractivity contribution in [3.63, 3.8) is 0 Å². The Morgan fingerprint density at radius 1 is 1.05 bits per heavy atom. The number of hydrogen-bond acceptors (Lipinski definition) is 2. The van der Waals surface area contributed by atoms with Gasteiger partial charge >= 0.3 is 0 Å². The minimum atomic E-state index is 0.223. The molecule has 0 saturated carbocycles. The van der Waals surface area contributed by atoms with Gasteiger partial charge < -0.3 is 10.2 Å². The van der Waals surface area contributed by atoms with Crippen molar-refractivity contribution in [1.82, 2.24) is 0 Å². The number of anilines is 2. The lowest BCUT2D eigenvalue weighted by molar-refractivity contribution is 0.879. The van der Waals surface area contributed by atoms with Crippen molar-refractivity contribution in [2.24, 2.45) is 0 Å². The monoisotopic (exact) mass is 302 g/mol. The SMILES string of the molecule is Cc1cc(C)cc(C(C)Nc2cccc(Cl)c2N(C)C)c1. The Morgan fingerprint density at radius 3 is 2.24 bits per heavy atom. The van der Waals surface area contributed by atoms with Crippen LogP contribution >= 0.6 is 11.6 Å². The molecule has 21 heavy (non-hydrogen) atoms. The molecular formula is C18H23ClN2. The highest BCUT2D eigenvalue weighted by atomic mass is 35.5. The fraction of sp³-hybridized carbons (Fsp3) is 0.333. The molecule has 0 aliphatic carbocycles. The van der Waals surface area contributed by atoms with Crippen molar-refractivity contribution in [3.8, 4) is 0 Å². The highest BCUT2D eigenvalue weighted by Gasteiger charge is 2.12. The summed E-state index contributed by atoms with van der Waals surface area (Å²) in [6.45, 7) is 6.44. The number of halogens is 1. The third-order valence-corrected chi connectivity index (χ3v) is 3.86. The van der Waals surface area contributed by atoms with Crippen LogP contribution in [0.2, 0.25) is 5.02 Å². The molecule has 0 amide bonds. The van der Waals surface area contributed by atoms with Crippen molar-refractivity contribution >= 4 is 23.0 Å². The van der Waals surface area contributed by atoms with E-state index >= 15 is 0 Å². The maximum absolute atomic E-state index is 6.32.